The average Bonchev–Trinajstić information content (AvgIpc) is 3.02. The van der Waals surface area contributed by atoms with E-state index < -0.39 is 0 Å². The fraction of sp³-hybridized carbons (Fsp3) is 0.444. The number of methoxy groups -OCH3 is 1. The van der Waals surface area contributed by atoms with Crippen LogP contribution < -0.4 is 10.4 Å². The summed E-state index contributed by atoms with van der Waals surface area (Å²) in [5, 5.41) is 0. The number of imidazole rings is 1. The van der Waals surface area contributed by atoms with Crippen molar-refractivity contribution in [3.8, 4) is 5.75 Å². The molecular weight excluding hydrogens is 320 g/mol. The number of rotatable bonds is 6. The quantitative estimate of drug-likeness (QED) is 0.767. The Balaban J connectivity index is 1.76. The van der Waals surface area contributed by atoms with E-state index in [4.69, 9.17) is 4.74 Å². The maximum Gasteiger partial charge on any atom is 0.323 e. The molecule has 0 saturated carbocycles. The lowest BCUT2D eigenvalue weighted by molar-refractivity contribution is 0.102. The van der Waals surface area contributed by atoms with Crippen molar-refractivity contribution in [2.24, 2.45) is 0 Å². The molecule has 0 bridgehead atoms. The molecular formula is C18H24N4O3. The van der Waals surface area contributed by atoms with E-state index in [-0.39, 0.29) is 11.5 Å². The summed E-state index contributed by atoms with van der Waals surface area (Å²) in [6, 6.07) is 6.88. The highest BCUT2D eigenvalue weighted by atomic mass is 16.5. The van der Waals surface area contributed by atoms with Crippen LogP contribution in [0.2, 0.25) is 0 Å². The number of aromatic nitrogens is 2. The van der Waals surface area contributed by atoms with Gasteiger partial charge in [0.2, 0.25) is 5.78 Å². The number of piperazine rings is 1. The van der Waals surface area contributed by atoms with E-state index in [0.29, 0.717) is 29.2 Å². The van der Waals surface area contributed by atoms with E-state index in [2.05, 4.69) is 26.7 Å². The Morgan fingerprint density at radius 2 is 1.72 bits per heavy atom. The minimum atomic E-state index is -0.348. The molecule has 1 fully saturated rings. The standard InChI is InChI=1S/C18H24N4O3/c1-3-21-8-10-22(11-9-21)12-15-16(20-18(24)19-15)17(23)13-4-6-14(25-2)7-5-13/h4-7H,3,8-12H2,1-2H3,(H2,19,20,24). The predicted octanol–water partition coefficient (Wildman–Crippen LogP) is 1.08. The lowest BCUT2D eigenvalue weighted by Crippen LogP contribution is -2.45. The number of hydrogen-bond donors (Lipinski definition) is 2. The first-order valence-electron chi connectivity index (χ1n) is 8.55. The molecule has 3 rings (SSSR count). The van der Waals surface area contributed by atoms with E-state index in [1.54, 1.807) is 31.4 Å². The number of nitrogens with one attached hydrogen (secondary N) is 2. The Labute approximate surface area is 146 Å². The molecule has 1 aromatic carbocycles. The Morgan fingerprint density at radius 1 is 1.08 bits per heavy atom. The van der Waals surface area contributed by atoms with Crippen LogP contribution >= 0.6 is 0 Å². The van der Waals surface area contributed by atoms with Crippen LogP contribution in [0.15, 0.2) is 29.1 Å². The molecule has 0 radical (unpaired) electrons. The SMILES string of the molecule is CCN1CCN(Cc2[nH]c(=O)[nH]c2C(=O)c2ccc(OC)cc2)CC1. The summed E-state index contributed by atoms with van der Waals surface area (Å²) in [5.74, 6) is 0.497. The van der Waals surface area contributed by atoms with E-state index in [0.717, 1.165) is 32.7 Å². The summed E-state index contributed by atoms with van der Waals surface area (Å²) in [4.78, 5) is 34.6. The molecule has 25 heavy (non-hydrogen) atoms. The average molecular weight is 344 g/mol. The molecule has 2 heterocycles. The summed E-state index contributed by atoms with van der Waals surface area (Å²) in [6.07, 6.45) is 0. The van der Waals surface area contributed by atoms with Crippen LogP contribution in [0.5, 0.6) is 5.75 Å². The smallest absolute Gasteiger partial charge is 0.323 e. The molecule has 0 atom stereocenters. The van der Waals surface area contributed by atoms with Crippen LogP contribution in [0.1, 0.15) is 28.7 Å². The minimum absolute atomic E-state index is 0.191. The van der Waals surface area contributed by atoms with Gasteiger partial charge in [-0.25, -0.2) is 4.79 Å². The van der Waals surface area contributed by atoms with E-state index in [1.165, 1.54) is 0 Å². The van der Waals surface area contributed by atoms with Gasteiger partial charge < -0.3 is 19.6 Å². The summed E-state index contributed by atoms with van der Waals surface area (Å²) >= 11 is 0. The zero-order valence-electron chi connectivity index (χ0n) is 14.7. The van der Waals surface area contributed by atoms with Gasteiger partial charge in [-0.15, -0.1) is 0 Å². The monoisotopic (exact) mass is 344 g/mol. The van der Waals surface area contributed by atoms with E-state index >= 15 is 0 Å². The zero-order chi connectivity index (χ0) is 17.8. The largest absolute Gasteiger partial charge is 0.497 e. The van der Waals surface area contributed by atoms with Crippen LogP contribution in [-0.4, -0.2) is 65.4 Å². The molecule has 1 aromatic heterocycles. The van der Waals surface area contributed by atoms with Crippen LogP contribution in [-0.2, 0) is 6.54 Å². The molecule has 0 unspecified atom stereocenters. The molecule has 0 amide bonds. The number of ether oxygens (including phenoxy) is 1. The maximum absolute atomic E-state index is 12.8. The third kappa shape index (κ3) is 4.00. The number of nitrogens with zero attached hydrogens (tertiary/aromatic N) is 2. The maximum atomic E-state index is 12.8. The summed E-state index contributed by atoms with van der Waals surface area (Å²) in [6.45, 7) is 7.64. The van der Waals surface area contributed by atoms with Crippen molar-refractivity contribution in [1.82, 2.24) is 19.8 Å². The highest BCUT2D eigenvalue weighted by Crippen LogP contribution is 2.16. The molecule has 0 aliphatic carbocycles. The van der Waals surface area contributed by atoms with Gasteiger partial charge in [-0.2, -0.15) is 0 Å². The van der Waals surface area contributed by atoms with E-state index in [1.807, 2.05) is 0 Å². The topological polar surface area (TPSA) is 81.4 Å². The van der Waals surface area contributed by atoms with Crippen molar-refractivity contribution in [2.45, 2.75) is 13.5 Å². The Morgan fingerprint density at radius 3 is 2.32 bits per heavy atom. The van der Waals surface area contributed by atoms with Gasteiger partial charge in [0.15, 0.2) is 0 Å². The van der Waals surface area contributed by atoms with Crippen molar-refractivity contribution in [1.29, 1.82) is 0 Å². The molecule has 1 aliphatic rings. The molecule has 7 heteroatoms. The lowest BCUT2D eigenvalue weighted by Gasteiger charge is -2.33. The van der Waals surface area contributed by atoms with Gasteiger partial charge in [-0.05, 0) is 30.8 Å². The first kappa shape index (κ1) is 17.4. The van der Waals surface area contributed by atoms with Gasteiger partial charge in [-0.3, -0.25) is 9.69 Å². The summed E-state index contributed by atoms with van der Waals surface area (Å²) in [7, 11) is 1.58. The molecule has 2 aromatic rings. The zero-order valence-corrected chi connectivity index (χ0v) is 14.7. The molecule has 1 aliphatic heterocycles. The Bertz CT molecular complexity index is 770. The van der Waals surface area contributed by atoms with Crippen LogP contribution in [0.3, 0.4) is 0 Å². The van der Waals surface area contributed by atoms with E-state index in [9.17, 15) is 9.59 Å². The van der Waals surface area contributed by atoms with Crippen molar-refractivity contribution >= 4 is 5.78 Å². The van der Waals surface area contributed by atoms with Crippen LogP contribution in [0, 0.1) is 0 Å². The predicted molar refractivity (Wildman–Crippen MR) is 95.2 cm³/mol. The number of ketones is 1. The Hall–Kier alpha value is -2.38. The number of H-pyrrole nitrogens is 2. The molecule has 1 saturated heterocycles. The van der Waals surface area contributed by atoms with Gasteiger partial charge in [-0.1, -0.05) is 6.92 Å². The van der Waals surface area contributed by atoms with Crippen LogP contribution in [0.25, 0.3) is 0 Å². The van der Waals surface area contributed by atoms with Gasteiger partial charge >= 0.3 is 5.69 Å². The number of benzene rings is 1. The molecule has 7 nitrogen and oxygen atoms in total. The third-order valence-electron chi connectivity index (χ3n) is 4.68. The second-order valence-corrected chi connectivity index (χ2v) is 6.20. The summed E-state index contributed by atoms with van der Waals surface area (Å²) in [5.41, 5.74) is 1.16. The fourth-order valence-electron chi connectivity index (χ4n) is 3.11. The Kier molecular flexibility index (Phi) is 5.35. The second kappa shape index (κ2) is 7.67. The van der Waals surface area contributed by atoms with Gasteiger partial charge in [0.1, 0.15) is 11.4 Å². The highest BCUT2D eigenvalue weighted by Gasteiger charge is 2.21. The molecule has 0 spiro atoms. The fourth-order valence-corrected chi connectivity index (χ4v) is 3.11. The number of hydrogen-bond acceptors (Lipinski definition) is 5. The third-order valence-corrected chi connectivity index (χ3v) is 4.68. The van der Waals surface area contributed by atoms with Crippen molar-refractivity contribution in [3.63, 3.8) is 0 Å². The molecule has 134 valence electrons. The highest BCUT2D eigenvalue weighted by molar-refractivity contribution is 6.08. The van der Waals surface area contributed by atoms with Gasteiger partial charge in [0, 0.05) is 38.3 Å². The van der Waals surface area contributed by atoms with Crippen molar-refractivity contribution in [3.05, 3.63) is 51.7 Å². The van der Waals surface area contributed by atoms with Crippen molar-refractivity contribution in [2.75, 3.05) is 39.8 Å². The van der Waals surface area contributed by atoms with Crippen molar-refractivity contribution < 1.29 is 9.53 Å². The normalized spacial score (nSPS) is 16.1. The number of carbonyl (C=O) groups excluding carboxylic acids is 1. The second-order valence-electron chi connectivity index (χ2n) is 6.20. The van der Waals surface area contributed by atoms with Gasteiger partial charge in [0.25, 0.3) is 0 Å². The lowest BCUT2D eigenvalue weighted by atomic mass is 10.1. The first-order valence-corrected chi connectivity index (χ1v) is 8.55. The van der Waals surface area contributed by atoms with Crippen LogP contribution in [0.4, 0.5) is 0 Å². The molecule has 2 N–H and O–H groups in total. The summed E-state index contributed by atoms with van der Waals surface area (Å²) < 4.78 is 5.11. The first-order chi connectivity index (χ1) is 12.1. The minimum Gasteiger partial charge on any atom is -0.497 e. The van der Waals surface area contributed by atoms with Gasteiger partial charge in [0.05, 0.1) is 12.8 Å². The number of carbonyl (C=O) groups is 1. The number of likely N-dealkylation sites (N-methyl/N-ethyl adjacent to an activating group) is 1. The number of aromatic amines is 2.